The summed E-state index contributed by atoms with van der Waals surface area (Å²) in [5.41, 5.74) is 2.52. The molecule has 226 valence electrons. The summed E-state index contributed by atoms with van der Waals surface area (Å²) in [5.74, 6) is 1.53. The summed E-state index contributed by atoms with van der Waals surface area (Å²) in [5, 5.41) is -0.105. The highest BCUT2D eigenvalue weighted by atomic mass is 28.4. The first-order chi connectivity index (χ1) is 18.8. The van der Waals surface area contributed by atoms with Crippen molar-refractivity contribution in [3.05, 3.63) is 53.1 Å². The van der Waals surface area contributed by atoms with Crippen LogP contribution in [0, 0.1) is 6.92 Å². The fourth-order valence-corrected chi connectivity index (χ4v) is 6.42. The highest BCUT2D eigenvalue weighted by molar-refractivity contribution is 6.75. The van der Waals surface area contributed by atoms with Gasteiger partial charge in [-0.15, -0.1) is 0 Å². The van der Waals surface area contributed by atoms with Crippen LogP contribution in [-0.4, -0.2) is 53.3 Å². The van der Waals surface area contributed by atoms with E-state index in [4.69, 9.17) is 18.3 Å². The number of carbonyl (C=O) groups is 2. The largest absolute Gasteiger partial charge is 0.543 e. The van der Waals surface area contributed by atoms with E-state index in [1.54, 1.807) is 7.11 Å². The van der Waals surface area contributed by atoms with Gasteiger partial charge in [0.05, 0.1) is 19.6 Å². The fourth-order valence-electron chi connectivity index (χ4n) is 4.31. The van der Waals surface area contributed by atoms with Crippen molar-refractivity contribution in [2.24, 2.45) is 0 Å². The van der Waals surface area contributed by atoms with Gasteiger partial charge in [0.1, 0.15) is 18.1 Å². The van der Waals surface area contributed by atoms with Gasteiger partial charge in [-0.25, -0.2) is 9.69 Å². The first-order valence-corrected chi connectivity index (χ1v) is 20.2. The van der Waals surface area contributed by atoms with E-state index in [0.717, 1.165) is 11.1 Å². The van der Waals surface area contributed by atoms with Crippen molar-refractivity contribution in [2.45, 2.75) is 104 Å². The first-order valence-electron chi connectivity index (χ1n) is 14.4. The molecule has 1 fully saturated rings. The predicted molar refractivity (Wildman–Crippen MR) is 169 cm³/mol. The molecule has 7 nitrogen and oxygen atoms in total. The Morgan fingerprint density at radius 3 is 2.05 bits per heavy atom. The Bertz CT molecular complexity index is 1260. The Morgan fingerprint density at radius 2 is 1.51 bits per heavy atom. The van der Waals surface area contributed by atoms with E-state index in [0.29, 0.717) is 29.2 Å². The molecular weight excluding hydrogens is 551 g/mol. The molecule has 1 atom stereocenters. The molecule has 0 bridgehead atoms. The van der Waals surface area contributed by atoms with E-state index >= 15 is 0 Å². The number of rotatable bonds is 9. The number of hydrogen-bond donors (Lipinski definition) is 0. The van der Waals surface area contributed by atoms with Crippen LogP contribution in [0.1, 0.15) is 58.2 Å². The lowest BCUT2D eigenvalue weighted by molar-refractivity contribution is -0.128. The molecule has 1 saturated heterocycles. The number of ether oxygens (including phenoxy) is 2. The van der Waals surface area contributed by atoms with Crippen LogP contribution in [0.2, 0.25) is 36.3 Å². The molecule has 0 aromatic heterocycles. The highest BCUT2D eigenvalue weighted by Gasteiger charge is 2.43. The van der Waals surface area contributed by atoms with Crippen molar-refractivity contribution >= 4 is 28.6 Å². The number of hydrogen-bond acceptors (Lipinski definition) is 6. The summed E-state index contributed by atoms with van der Waals surface area (Å²) >= 11 is 0. The lowest BCUT2D eigenvalue weighted by Crippen LogP contribution is -2.45. The van der Waals surface area contributed by atoms with E-state index in [1.807, 2.05) is 43.3 Å². The van der Waals surface area contributed by atoms with Crippen molar-refractivity contribution in [1.82, 2.24) is 4.90 Å². The standard InChI is InChI=1S/C32H49NO6Si2/c1-22-28(39-41(11,12)32(5,6)7)24(19-26(29(22)36-8)38-40(9,10)31(2,3)4)20-27(34)33-25(21-37-30(33)35)18-23-16-14-13-15-17-23/h13-17,19,25H,18,20-21H2,1-12H3/t25-/m1/s1. The molecule has 41 heavy (non-hydrogen) atoms. The van der Waals surface area contributed by atoms with Gasteiger partial charge in [0.15, 0.2) is 5.75 Å². The average molecular weight is 600 g/mol. The molecule has 0 spiro atoms. The second-order valence-electron chi connectivity index (χ2n) is 14.1. The van der Waals surface area contributed by atoms with Crippen LogP contribution in [0.4, 0.5) is 4.79 Å². The van der Waals surface area contributed by atoms with Gasteiger partial charge >= 0.3 is 6.09 Å². The Labute approximate surface area is 248 Å². The SMILES string of the molecule is COc1c(O[Si](C)(C)C(C)(C)C)cc(CC(=O)N2C(=O)OC[C@H]2Cc2ccccc2)c(O[Si](C)(C)C(C)(C)C)c1C. The van der Waals surface area contributed by atoms with E-state index in [1.165, 1.54) is 4.90 Å². The molecule has 2 aromatic rings. The van der Waals surface area contributed by atoms with Gasteiger partial charge in [-0.2, -0.15) is 0 Å². The number of benzene rings is 2. The zero-order valence-corrected chi connectivity index (χ0v) is 29.1. The topological polar surface area (TPSA) is 74.3 Å². The second-order valence-corrected chi connectivity index (χ2v) is 23.6. The van der Waals surface area contributed by atoms with E-state index in [2.05, 4.69) is 67.7 Å². The molecule has 9 heteroatoms. The molecule has 1 aliphatic rings. The molecule has 2 aromatic carbocycles. The van der Waals surface area contributed by atoms with Crippen LogP contribution in [0.5, 0.6) is 17.2 Å². The minimum Gasteiger partial charge on any atom is -0.543 e. The number of carbonyl (C=O) groups excluding carboxylic acids is 2. The summed E-state index contributed by atoms with van der Waals surface area (Å²) in [6.07, 6.45) is -0.0958. The van der Waals surface area contributed by atoms with Crippen molar-refractivity contribution < 1.29 is 27.9 Å². The maximum atomic E-state index is 13.9. The first kappa shape index (κ1) is 32.7. The van der Waals surface area contributed by atoms with Crippen LogP contribution in [0.3, 0.4) is 0 Å². The van der Waals surface area contributed by atoms with Gasteiger partial charge < -0.3 is 18.3 Å². The van der Waals surface area contributed by atoms with Gasteiger partial charge in [-0.1, -0.05) is 71.9 Å². The average Bonchev–Trinajstić information content (AvgIpc) is 3.20. The number of cyclic esters (lactones) is 1. The van der Waals surface area contributed by atoms with Crippen LogP contribution >= 0.6 is 0 Å². The van der Waals surface area contributed by atoms with Crippen molar-refractivity contribution in [1.29, 1.82) is 0 Å². The number of imide groups is 1. The normalized spacial score (nSPS) is 16.4. The summed E-state index contributed by atoms with van der Waals surface area (Å²) in [6, 6.07) is 11.4. The van der Waals surface area contributed by atoms with Crippen LogP contribution in [0.15, 0.2) is 36.4 Å². The minimum absolute atomic E-state index is 0.0248. The molecule has 0 N–H and O–H groups in total. The van der Waals surface area contributed by atoms with Crippen molar-refractivity contribution in [2.75, 3.05) is 13.7 Å². The second kappa shape index (κ2) is 11.8. The third-order valence-electron chi connectivity index (χ3n) is 8.93. The van der Waals surface area contributed by atoms with E-state index in [-0.39, 0.29) is 35.1 Å². The van der Waals surface area contributed by atoms with Crippen LogP contribution in [0.25, 0.3) is 0 Å². The summed E-state index contributed by atoms with van der Waals surface area (Å²) in [7, 11) is -2.91. The van der Waals surface area contributed by atoms with Gasteiger partial charge in [0.25, 0.3) is 16.6 Å². The molecule has 0 aliphatic carbocycles. The molecule has 1 heterocycles. The lowest BCUT2D eigenvalue weighted by Gasteiger charge is -2.39. The molecule has 0 unspecified atom stereocenters. The molecular formula is C32H49NO6Si2. The predicted octanol–water partition coefficient (Wildman–Crippen LogP) is 7.90. The summed E-state index contributed by atoms with van der Waals surface area (Å²) in [4.78, 5) is 28.0. The number of methoxy groups -OCH3 is 1. The molecule has 3 rings (SSSR count). The zero-order valence-electron chi connectivity index (χ0n) is 27.1. The Hall–Kier alpha value is -2.79. The lowest BCUT2D eigenvalue weighted by atomic mass is 10.0. The molecule has 1 aliphatic heterocycles. The molecule has 2 amide bonds. The Balaban J connectivity index is 2.08. The van der Waals surface area contributed by atoms with E-state index in [9.17, 15) is 9.59 Å². The van der Waals surface area contributed by atoms with E-state index < -0.39 is 22.7 Å². The molecule has 0 saturated carbocycles. The maximum absolute atomic E-state index is 13.9. The monoisotopic (exact) mass is 599 g/mol. The van der Waals surface area contributed by atoms with Crippen LogP contribution < -0.4 is 13.6 Å². The minimum atomic E-state index is -2.30. The van der Waals surface area contributed by atoms with Crippen LogP contribution in [-0.2, 0) is 22.4 Å². The number of nitrogens with zero attached hydrogens (tertiary/aromatic N) is 1. The Morgan fingerprint density at radius 1 is 0.951 bits per heavy atom. The van der Waals surface area contributed by atoms with Gasteiger partial charge in [-0.05, 0) is 61.2 Å². The fraction of sp³-hybridized carbons (Fsp3) is 0.562. The third kappa shape index (κ3) is 7.17. The van der Waals surface area contributed by atoms with Gasteiger partial charge in [0.2, 0.25) is 5.91 Å². The number of amides is 2. The van der Waals surface area contributed by atoms with Gasteiger partial charge in [0, 0.05) is 11.1 Å². The smallest absolute Gasteiger partial charge is 0.416 e. The van der Waals surface area contributed by atoms with Gasteiger partial charge in [-0.3, -0.25) is 4.79 Å². The quantitative estimate of drug-likeness (QED) is 0.273. The maximum Gasteiger partial charge on any atom is 0.416 e. The Kier molecular flexibility index (Phi) is 9.45. The summed E-state index contributed by atoms with van der Waals surface area (Å²) < 4.78 is 24.9. The third-order valence-corrected chi connectivity index (χ3v) is 17.6. The molecule has 0 radical (unpaired) electrons. The van der Waals surface area contributed by atoms with Crippen molar-refractivity contribution in [3.8, 4) is 17.2 Å². The zero-order chi connectivity index (χ0) is 31.0. The van der Waals surface area contributed by atoms with Crippen molar-refractivity contribution in [3.63, 3.8) is 0 Å². The summed E-state index contributed by atoms with van der Waals surface area (Å²) in [6.45, 7) is 23.9. The highest BCUT2D eigenvalue weighted by Crippen LogP contribution is 2.47.